The predicted octanol–water partition coefficient (Wildman–Crippen LogP) is 4.04. The van der Waals surface area contributed by atoms with Crippen LogP contribution in [0, 0.1) is 40.4 Å². The van der Waals surface area contributed by atoms with E-state index in [1.165, 1.54) is 0 Å². The Bertz CT molecular complexity index is 902. The first kappa shape index (κ1) is 23.9. The third kappa shape index (κ3) is 4.45. The fraction of sp³-hybridized carbons (Fsp3) is 1.00. The Morgan fingerprint density at radius 3 is 2.13 bits per heavy atom. The fourth-order valence-corrected chi connectivity index (χ4v) is 9.59. The van der Waals surface area contributed by atoms with E-state index in [-0.39, 0.29) is 16.7 Å². The first-order valence-electron chi connectivity index (χ1n) is 11.5. The molecule has 0 aromatic rings. The van der Waals surface area contributed by atoms with E-state index in [2.05, 4.69) is 13.8 Å². The lowest BCUT2D eigenvalue weighted by molar-refractivity contribution is -0.129. The van der Waals surface area contributed by atoms with Crippen LogP contribution in [0.2, 0.25) is 0 Å². The number of hydrogen-bond donors (Lipinski definition) is 2. The average Bonchev–Trinajstić information content (AvgIpc) is 2.97. The van der Waals surface area contributed by atoms with E-state index < -0.39 is 33.0 Å². The highest BCUT2D eigenvalue weighted by atomic mass is 32.3. The molecule has 0 saturated heterocycles. The zero-order valence-corrected chi connectivity index (χ0v) is 20.2. The van der Waals surface area contributed by atoms with Crippen LogP contribution < -0.4 is 0 Å². The summed E-state index contributed by atoms with van der Waals surface area (Å²) in [6.45, 7) is 6.39. The van der Waals surface area contributed by atoms with Gasteiger partial charge in [-0.1, -0.05) is 13.8 Å². The highest BCUT2D eigenvalue weighted by Crippen LogP contribution is 2.68. The van der Waals surface area contributed by atoms with Crippen molar-refractivity contribution in [3.63, 3.8) is 0 Å². The van der Waals surface area contributed by atoms with E-state index in [9.17, 15) is 16.8 Å². The number of fused-ring (bicyclic) bond motifs is 5. The smallest absolute Gasteiger partial charge is 0.264 e. The summed E-state index contributed by atoms with van der Waals surface area (Å²) in [5.41, 5.74) is 0.137. The zero-order valence-electron chi connectivity index (χ0n) is 18.6. The minimum absolute atomic E-state index is 0.000248. The molecule has 0 heterocycles. The molecule has 4 aliphatic rings. The van der Waals surface area contributed by atoms with Crippen molar-refractivity contribution >= 4 is 20.8 Å². The maximum absolute atomic E-state index is 11.3. The lowest BCUT2D eigenvalue weighted by Crippen LogP contribution is -2.54. The Hall–Kier alpha value is -0.260. The van der Waals surface area contributed by atoms with Gasteiger partial charge in [-0.3, -0.25) is 9.11 Å². The van der Waals surface area contributed by atoms with Crippen LogP contribution in [-0.2, 0) is 29.2 Å². The quantitative estimate of drug-likeness (QED) is 0.564. The van der Waals surface area contributed by atoms with Gasteiger partial charge in [-0.15, -0.1) is 0 Å². The van der Waals surface area contributed by atoms with Crippen molar-refractivity contribution in [2.75, 3.05) is 0 Å². The van der Waals surface area contributed by atoms with Crippen molar-refractivity contribution in [1.82, 2.24) is 0 Å². The van der Waals surface area contributed by atoms with Gasteiger partial charge >= 0.3 is 20.8 Å². The van der Waals surface area contributed by atoms with Gasteiger partial charge in [0, 0.05) is 0 Å². The second kappa shape index (κ2) is 7.91. The molecule has 4 rings (SSSR count). The molecule has 0 aliphatic heterocycles. The zero-order chi connectivity index (χ0) is 22.8. The monoisotopic (exact) mass is 480 g/mol. The standard InChI is InChI=1S/C21H36O8S2/c1-13(28-30(22,23)24)17-6-7-18-16-5-4-14-12-15(29-31(25,26)27)8-10-20(14,2)19(16)9-11-21(17,18)3/h13-19H,4-12H2,1-3H3,(H,22,23,24)(H,25,26,27)/t13-,14?,15+,16-,17+,18-,19-,20-,21+/m0/s1. The van der Waals surface area contributed by atoms with Gasteiger partial charge in [0.25, 0.3) is 0 Å². The molecule has 8 nitrogen and oxygen atoms in total. The highest BCUT2D eigenvalue weighted by Gasteiger charge is 2.61. The van der Waals surface area contributed by atoms with Gasteiger partial charge in [0.05, 0.1) is 12.2 Å². The summed E-state index contributed by atoms with van der Waals surface area (Å²) in [7, 11) is -8.89. The van der Waals surface area contributed by atoms with Gasteiger partial charge in [0.2, 0.25) is 0 Å². The van der Waals surface area contributed by atoms with Gasteiger partial charge in [0.1, 0.15) is 0 Å². The third-order valence-corrected chi connectivity index (χ3v) is 10.9. The maximum atomic E-state index is 11.3. The lowest BCUT2D eigenvalue weighted by atomic mass is 9.44. The van der Waals surface area contributed by atoms with Crippen LogP contribution in [-0.4, -0.2) is 38.1 Å². The number of rotatable bonds is 5. The van der Waals surface area contributed by atoms with Gasteiger partial charge in [0.15, 0.2) is 0 Å². The van der Waals surface area contributed by atoms with Crippen molar-refractivity contribution in [1.29, 1.82) is 0 Å². The number of hydrogen-bond acceptors (Lipinski definition) is 6. The molecule has 4 aliphatic carbocycles. The molecular formula is C21H36O8S2. The van der Waals surface area contributed by atoms with Crippen LogP contribution in [0.15, 0.2) is 0 Å². The molecule has 9 atom stereocenters. The molecule has 2 N–H and O–H groups in total. The normalized spacial score (nSPS) is 46.6. The molecule has 1 unspecified atom stereocenters. The molecule has 180 valence electrons. The molecule has 0 spiro atoms. The van der Waals surface area contributed by atoms with Crippen LogP contribution in [0.3, 0.4) is 0 Å². The van der Waals surface area contributed by atoms with Crippen LogP contribution in [0.25, 0.3) is 0 Å². The Kier molecular flexibility index (Phi) is 6.09. The average molecular weight is 481 g/mol. The molecule has 0 aromatic heterocycles. The molecule has 10 heteroatoms. The first-order chi connectivity index (χ1) is 14.2. The summed E-state index contributed by atoms with van der Waals surface area (Å²) in [4.78, 5) is 0. The molecule has 31 heavy (non-hydrogen) atoms. The van der Waals surface area contributed by atoms with Crippen molar-refractivity contribution < 1.29 is 34.3 Å². The van der Waals surface area contributed by atoms with Crippen molar-refractivity contribution in [2.24, 2.45) is 40.4 Å². The molecule has 0 amide bonds. The van der Waals surface area contributed by atoms with Gasteiger partial charge < -0.3 is 0 Å². The second-order valence-corrected chi connectivity index (χ2v) is 13.1. The Labute approximate surface area is 186 Å². The Balaban J connectivity index is 1.50. The topological polar surface area (TPSA) is 127 Å². The van der Waals surface area contributed by atoms with E-state index in [4.69, 9.17) is 17.5 Å². The second-order valence-electron chi connectivity index (χ2n) is 11.0. The van der Waals surface area contributed by atoms with E-state index in [1.807, 2.05) is 0 Å². The van der Waals surface area contributed by atoms with E-state index >= 15 is 0 Å². The van der Waals surface area contributed by atoms with Crippen molar-refractivity contribution in [3.8, 4) is 0 Å². The highest BCUT2D eigenvalue weighted by molar-refractivity contribution is 7.81. The van der Waals surface area contributed by atoms with Crippen LogP contribution in [0.1, 0.15) is 78.6 Å². The van der Waals surface area contributed by atoms with Crippen LogP contribution in [0.5, 0.6) is 0 Å². The summed E-state index contributed by atoms with van der Waals surface area (Å²) in [6.07, 6.45) is 7.38. The maximum Gasteiger partial charge on any atom is 0.397 e. The van der Waals surface area contributed by atoms with Gasteiger partial charge in [-0.2, -0.15) is 16.8 Å². The van der Waals surface area contributed by atoms with Crippen molar-refractivity contribution in [2.45, 2.75) is 90.8 Å². The molecule has 0 bridgehead atoms. The van der Waals surface area contributed by atoms with Crippen molar-refractivity contribution in [3.05, 3.63) is 0 Å². The minimum atomic E-state index is -4.47. The lowest BCUT2D eigenvalue weighted by Gasteiger charge is -2.61. The largest absolute Gasteiger partial charge is 0.397 e. The molecule has 4 fully saturated rings. The Morgan fingerprint density at radius 2 is 1.48 bits per heavy atom. The van der Waals surface area contributed by atoms with Gasteiger partial charge in [-0.25, -0.2) is 8.37 Å². The Morgan fingerprint density at radius 1 is 0.839 bits per heavy atom. The summed E-state index contributed by atoms with van der Waals surface area (Å²) in [5.74, 6) is 2.13. The molecule has 4 saturated carbocycles. The first-order valence-corrected chi connectivity index (χ1v) is 14.3. The van der Waals surface area contributed by atoms with Crippen LogP contribution in [0.4, 0.5) is 0 Å². The van der Waals surface area contributed by atoms with Gasteiger partial charge in [-0.05, 0) is 105 Å². The van der Waals surface area contributed by atoms with E-state index in [0.717, 1.165) is 44.9 Å². The summed E-state index contributed by atoms with van der Waals surface area (Å²) in [5, 5.41) is 0. The SMILES string of the molecule is C[C@H](OS(=O)(=O)O)[C@H]1CC[C@H]2[C@@H]3CCC4C[C@H](OS(=O)(=O)O)CC[C@]4(C)[C@H]3CC[C@]12C. The predicted molar refractivity (Wildman–Crippen MR) is 114 cm³/mol. The van der Waals surface area contributed by atoms with E-state index in [1.54, 1.807) is 6.92 Å². The summed E-state index contributed by atoms with van der Waals surface area (Å²) in [6, 6.07) is 0. The molecule has 0 aromatic carbocycles. The van der Waals surface area contributed by atoms with Crippen LogP contribution >= 0.6 is 0 Å². The fourth-order valence-electron chi connectivity index (χ4n) is 8.55. The summed E-state index contributed by atoms with van der Waals surface area (Å²) < 4.78 is 73.0. The third-order valence-electron chi connectivity index (χ3n) is 9.79. The molecule has 0 radical (unpaired) electrons. The minimum Gasteiger partial charge on any atom is -0.264 e. The molecular weight excluding hydrogens is 444 g/mol. The summed E-state index contributed by atoms with van der Waals surface area (Å²) >= 11 is 0. The van der Waals surface area contributed by atoms with E-state index in [0.29, 0.717) is 36.5 Å².